The third kappa shape index (κ3) is 1.80. The molecule has 100 valence electrons. The number of ether oxygens (including phenoxy) is 1. The van der Waals surface area contributed by atoms with Crippen molar-refractivity contribution < 1.29 is 14.6 Å². The largest absolute Gasteiger partial charge is 0.456 e. The van der Waals surface area contributed by atoms with Crippen LogP contribution in [0.1, 0.15) is 46.0 Å². The highest BCUT2D eigenvalue weighted by molar-refractivity contribution is 5.87. The van der Waals surface area contributed by atoms with Gasteiger partial charge in [0.1, 0.15) is 5.60 Å². The van der Waals surface area contributed by atoms with Gasteiger partial charge in [-0.25, -0.2) is 4.79 Å². The summed E-state index contributed by atoms with van der Waals surface area (Å²) >= 11 is 0. The minimum absolute atomic E-state index is 0.300. The lowest BCUT2D eigenvalue weighted by Crippen LogP contribution is -2.44. The minimum atomic E-state index is -0.694. The summed E-state index contributed by atoms with van der Waals surface area (Å²) in [5, 5.41) is 10.5. The molecule has 3 saturated carbocycles. The summed E-state index contributed by atoms with van der Waals surface area (Å²) < 4.78 is 5.75. The van der Waals surface area contributed by atoms with Gasteiger partial charge in [0.2, 0.25) is 0 Å². The van der Waals surface area contributed by atoms with E-state index in [4.69, 9.17) is 4.74 Å². The minimum Gasteiger partial charge on any atom is -0.456 e. The quantitative estimate of drug-likeness (QED) is 0.605. The van der Waals surface area contributed by atoms with Gasteiger partial charge in [-0.05, 0) is 57.3 Å². The number of aliphatic hydroxyl groups is 1. The average molecular weight is 250 g/mol. The van der Waals surface area contributed by atoms with Crippen LogP contribution in [0.5, 0.6) is 0 Å². The molecule has 5 atom stereocenters. The number of rotatable bonds is 2. The van der Waals surface area contributed by atoms with E-state index >= 15 is 0 Å². The SMILES string of the molecule is C=C(C)C(=O)OC12CC3CC(CC(C)(O)C1)C3C2. The summed E-state index contributed by atoms with van der Waals surface area (Å²) in [5.74, 6) is 1.71. The van der Waals surface area contributed by atoms with E-state index in [9.17, 15) is 9.90 Å². The van der Waals surface area contributed by atoms with Gasteiger partial charge in [-0.15, -0.1) is 0 Å². The Morgan fingerprint density at radius 1 is 1.33 bits per heavy atom. The van der Waals surface area contributed by atoms with Gasteiger partial charge < -0.3 is 9.84 Å². The van der Waals surface area contributed by atoms with E-state index in [1.165, 1.54) is 6.42 Å². The number of esters is 1. The molecule has 3 aliphatic carbocycles. The van der Waals surface area contributed by atoms with Crippen molar-refractivity contribution in [2.45, 2.75) is 57.2 Å². The normalized spacial score (nSPS) is 49.2. The zero-order chi connectivity index (χ0) is 13.1. The van der Waals surface area contributed by atoms with E-state index in [0.717, 1.165) is 19.3 Å². The topological polar surface area (TPSA) is 46.5 Å². The van der Waals surface area contributed by atoms with Gasteiger partial charge in [0, 0.05) is 12.0 Å². The van der Waals surface area contributed by atoms with Gasteiger partial charge >= 0.3 is 5.97 Å². The highest BCUT2D eigenvalue weighted by Gasteiger charge is 2.61. The van der Waals surface area contributed by atoms with Gasteiger partial charge in [0.15, 0.2) is 0 Å². The summed E-state index contributed by atoms with van der Waals surface area (Å²) in [5.41, 5.74) is -0.677. The number of carbonyl (C=O) groups excluding carboxylic acids is 1. The van der Waals surface area contributed by atoms with Crippen LogP contribution in [-0.2, 0) is 9.53 Å². The molecule has 0 aromatic rings. The van der Waals surface area contributed by atoms with Crippen LogP contribution in [0.4, 0.5) is 0 Å². The number of hydrogen-bond acceptors (Lipinski definition) is 3. The van der Waals surface area contributed by atoms with Crippen molar-refractivity contribution in [1.82, 2.24) is 0 Å². The lowest BCUT2D eigenvalue weighted by Gasteiger charge is -2.44. The Morgan fingerprint density at radius 3 is 2.67 bits per heavy atom. The molecule has 0 radical (unpaired) electrons. The third-order valence-electron chi connectivity index (χ3n) is 5.12. The van der Waals surface area contributed by atoms with Crippen LogP contribution in [0.25, 0.3) is 0 Å². The number of carbonyl (C=O) groups is 1. The van der Waals surface area contributed by atoms with E-state index < -0.39 is 11.2 Å². The van der Waals surface area contributed by atoms with Gasteiger partial charge in [0.05, 0.1) is 5.60 Å². The molecule has 0 aliphatic heterocycles. The highest BCUT2D eigenvalue weighted by Crippen LogP contribution is 2.62. The first-order valence-electron chi connectivity index (χ1n) is 6.92. The third-order valence-corrected chi connectivity index (χ3v) is 5.12. The van der Waals surface area contributed by atoms with Crippen LogP contribution in [0, 0.1) is 17.8 Å². The summed E-state index contributed by atoms with van der Waals surface area (Å²) in [6.45, 7) is 7.22. The maximum atomic E-state index is 11.8. The maximum Gasteiger partial charge on any atom is 0.333 e. The molecule has 3 fully saturated rings. The molecule has 0 amide bonds. The molecule has 0 aromatic carbocycles. The monoisotopic (exact) mass is 250 g/mol. The summed E-state index contributed by atoms with van der Waals surface area (Å²) in [6.07, 6.45) is 4.52. The summed E-state index contributed by atoms with van der Waals surface area (Å²) in [6, 6.07) is 0. The Morgan fingerprint density at radius 2 is 2.00 bits per heavy atom. The smallest absolute Gasteiger partial charge is 0.333 e. The second-order valence-corrected chi connectivity index (χ2v) is 7.06. The highest BCUT2D eigenvalue weighted by atomic mass is 16.6. The van der Waals surface area contributed by atoms with E-state index in [0.29, 0.717) is 29.7 Å². The molecular weight excluding hydrogens is 228 g/mol. The first-order valence-corrected chi connectivity index (χ1v) is 6.92. The van der Waals surface area contributed by atoms with Gasteiger partial charge in [-0.3, -0.25) is 0 Å². The Balaban J connectivity index is 1.85. The van der Waals surface area contributed by atoms with Gasteiger partial charge in [-0.1, -0.05) is 6.58 Å². The van der Waals surface area contributed by atoms with Crippen LogP contribution < -0.4 is 0 Å². The molecule has 3 nitrogen and oxygen atoms in total. The zero-order valence-corrected chi connectivity index (χ0v) is 11.2. The lowest BCUT2D eigenvalue weighted by atomic mass is 9.63. The molecule has 1 N–H and O–H groups in total. The van der Waals surface area contributed by atoms with Crippen molar-refractivity contribution in [2.24, 2.45) is 17.8 Å². The molecular formula is C15H22O3. The maximum absolute atomic E-state index is 11.8. The van der Waals surface area contributed by atoms with Crippen LogP contribution in [0.3, 0.4) is 0 Å². The van der Waals surface area contributed by atoms with Crippen LogP contribution in [0.15, 0.2) is 12.2 Å². The molecule has 0 saturated heterocycles. The Bertz CT molecular complexity index is 412. The van der Waals surface area contributed by atoms with Crippen LogP contribution >= 0.6 is 0 Å². The first-order chi connectivity index (χ1) is 8.30. The van der Waals surface area contributed by atoms with Crippen molar-refractivity contribution in [2.75, 3.05) is 0 Å². The van der Waals surface area contributed by atoms with E-state index in [1.54, 1.807) is 6.92 Å². The van der Waals surface area contributed by atoms with Crippen LogP contribution in [-0.4, -0.2) is 22.3 Å². The zero-order valence-electron chi connectivity index (χ0n) is 11.2. The Hall–Kier alpha value is -0.830. The van der Waals surface area contributed by atoms with Gasteiger partial charge in [0.25, 0.3) is 0 Å². The van der Waals surface area contributed by atoms with Crippen molar-refractivity contribution in [3.05, 3.63) is 12.2 Å². The number of fused-ring (bicyclic) bond motifs is 1. The van der Waals surface area contributed by atoms with Crippen molar-refractivity contribution >= 4 is 5.97 Å². The van der Waals surface area contributed by atoms with E-state index in [1.807, 2.05) is 6.92 Å². The van der Waals surface area contributed by atoms with Crippen molar-refractivity contribution in [3.63, 3.8) is 0 Å². The standard InChI is InChI=1S/C15H22O3/c1-9(2)13(16)18-15-6-11-4-10(12(11)7-15)5-14(3,17)8-15/h10-12,17H,1,4-8H2,2-3H3. The molecule has 3 aliphatic rings. The van der Waals surface area contributed by atoms with Gasteiger partial charge in [-0.2, -0.15) is 0 Å². The molecule has 3 rings (SSSR count). The fourth-order valence-electron chi connectivity index (χ4n) is 4.60. The Labute approximate surface area is 108 Å². The van der Waals surface area contributed by atoms with Crippen molar-refractivity contribution in [3.8, 4) is 0 Å². The molecule has 3 heteroatoms. The molecule has 5 unspecified atom stereocenters. The second-order valence-electron chi connectivity index (χ2n) is 7.06. The predicted molar refractivity (Wildman–Crippen MR) is 67.8 cm³/mol. The average Bonchev–Trinajstić information content (AvgIpc) is 2.43. The fraction of sp³-hybridized carbons (Fsp3) is 0.800. The molecule has 0 aromatic heterocycles. The molecule has 0 spiro atoms. The van der Waals surface area contributed by atoms with Crippen LogP contribution in [0.2, 0.25) is 0 Å². The first kappa shape index (κ1) is 12.2. The number of hydrogen-bond donors (Lipinski definition) is 1. The predicted octanol–water partition coefficient (Wildman–Crippen LogP) is 2.44. The van der Waals surface area contributed by atoms with E-state index in [2.05, 4.69) is 6.58 Å². The molecule has 18 heavy (non-hydrogen) atoms. The molecule has 0 heterocycles. The van der Waals surface area contributed by atoms with E-state index in [-0.39, 0.29) is 5.97 Å². The van der Waals surface area contributed by atoms with Crippen molar-refractivity contribution in [1.29, 1.82) is 0 Å². The Kier molecular flexibility index (Phi) is 2.44. The summed E-state index contributed by atoms with van der Waals surface area (Å²) in [4.78, 5) is 11.8. The second kappa shape index (κ2) is 3.60. The fourth-order valence-corrected chi connectivity index (χ4v) is 4.60. The summed E-state index contributed by atoms with van der Waals surface area (Å²) in [7, 11) is 0. The lowest BCUT2D eigenvalue weighted by molar-refractivity contribution is -0.161. The molecule has 2 bridgehead atoms.